The van der Waals surface area contributed by atoms with Gasteiger partial charge in [0.25, 0.3) is 0 Å². The summed E-state index contributed by atoms with van der Waals surface area (Å²) < 4.78 is 15.5. The molecular weight excluding hydrogens is 357 g/mol. The van der Waals surface area contributed by atoms with Crippen molar-refractivity contribution in [2.24, 2.45) is 0 Å². The summed E-state index contributed by atoms with van der Waals surface area (Å²) in [4.78, 5) is 12.2. The van der Waals surface area contributed by atoms with Gasteiger partial charge in [-0.1, -0.05) is 23.7 Å². The first-order valence-electron chi connectivity index (χ1n) is 8.21. The standard InChI is InChI=1S/C18H15ClFN5O/c19-16-5-6-17(24-23-16)25-10-13(9-21-25)22-18(26)8-11-1-4-14(12-2-3-12)15(20)7-11/h1,4-7,9-10,12H,2-3,8H2,(H,22,26). The second kappa shape index (κ2) is 6.84. The van der Waals surface area contributed by atoms with Gasteiger partial charge in [0, 0.05) is 0 Å². The van der Waals surface area contributed by atoms with Crippen LogP contribution in [0.25, 0.3) is 5.82 Å². The Morgan fingerprint density at radius 3 is 2.81 bits per heavy atom. The predicted octanol–water partition coefficient (Wildman–Crippen LogP) is 3.51. The normalized spacial score (nSPS) is 13.6. The van der Waals surface area contributed by atoms with Crippen LogP contribution in [0.3, 0.4) is 0 Å². The molecule has 1 N–H and O–H groups in total. The summed E-state index contributed by atoms with van der Waals surface area (Å²) in [7, 11) is 0. The predicted molar refractivity (Wildman–Crippen MR) is 94.9 cm³/mol. The zero-order valence-corrected chi connectivity index (χ0v) is 14.4. The third-order valence-electron chi connectivity index (χ3n) is 4.17. The van der Waals surface area contributed by atoms with Gasteiger partial charge in [-0.3, -0.25) is 4.79 Å². The van der Waals surface area contributed by atoms with Crippen molar-refractivity contribution in [3.63, 3.8) is 0 Å². The highest BCUT2D eigenvalue weighted by molar-refractivity contribution is 6.29. The van der Waals surface area contributed by atoms with Crippen LogP contribution in [-0.4, -0.2) is 25.9 Å². The summed E-state index contributed by atoms with van der Waals surface area (Å²) in [6, 6.07) is 8.30. The molecule has 1 aliphatic rings. The van der Waals surface area contributed by atoms with Gasteiger partial charge in [-0.25, -0.2) is 9.07 Å². The van der Waals surface area contributed by atoms with E-state index in [0.717, 1.165) is 18.4 Å². The third kappa shape index (κ3) is 3.72. The van der Waals surface area contributed by atoms with Gasteiger partial charge in [-0.15, -0.1) is 10.2 Å². The van der Waals surface area contributed by atoms with Crippen LogP contribution >= 0.6 is 11.6 Å². The highest BCUT2D eigenvalue weighted by Gasteiger charge is 2.26. The molecule has 0 aliphatic heterocycles. The molecule has 0 unspecified atom stereocenters. The lowest BCUT2D eigenvalue weighted by molar-refractivity contribution is -0.115. The van der Waals surface area contributed by atoms with Gasteiger partial charge in [0.05, 0.1) is 24.5 Å². The van der Waals surface area contributed by atoms with Gasteiger partial charge in [-0.05, 0) is 48.1 Å². The lowest BCUT2D eigenvalue weighted by Crippen LogP contribution is -2.14. The van der Waals surface area contributed by atoms with Crippen molar-refractivity contribution in [3.8, 4) is 5.82 Å². The molecule has 132 valence electrons. The number of anilines is 1. The molecule has 1 aromatic carbocycles. The number of benzene rings is 1. The van der Waals surface area contributed by atoms with Crippen LogP contribution in [-0.2, 0) is 11.2 Å². The van der Waals surface area contributed by atoms with Crippen LogP contribution in [0.5, 0.6) is 0 Å². The smallest absolute Gasteiger partial charge is 0.228 e. The third-order valence-corrected chi connectivity index (χ3v) is 4.37. The number of amides is 1. The number of aromatic nitrogens is 4. The number of nitrogens with zero attached hydrogens (tertiary/aromatic N) is 4. The summed E-state index contributed by atoms with van der Waals surface area (Å²) in [5.74, 6) is 0.351. The zero-order chi connectivity index (χ0) is 18.1. The summed E-state index contributed by atoms with van der Waals surface area (Å²) >= 11 is 5.70. The number of carbonyl (C=O) groups is 1. The van der Waals surface area contributed by atoms with Gasteiger partial charge in [0.15, 0.2) is 11.0 Å². The largest absolute Gasteiger partial charge is 0.323 e. The minimum Gasteiger partial charge on any atom is -0.323 e. The molecule has 1 saturated carbocycles. The first-order valence-corrected chi connectivity index (χ1v) is 8.59. The zero-order valence-electron chi connectivity index (χ0n) is 13.7. The van der Waals surface area contributed by atoms with Crippen LogP contribution in [0.2, 0.25) is 5.15 Å². The second-order valence-corrected chi connectivity index (χ2v) is 6.63. The Bertz CT molecular complexity index is 952. The average Bonchev–Trinajstić information content (AvgIpc) is 3.35. The van der Waals surface area contributed by atoms with E-state index in [2.05, 4.69) is 20.6 Å². The molecule has 26 heavy (non-hydrogen) atoms. The molecule has 1 aliphatic carbocycles. The fourth-order valence-corrected chi connectivity index (χ4v) is 2.84. The minimum absolute atomic E-state index is 0.0911. The molecule has 0 bridgehead atoms. The number of hydrogen-bond donors (Lipinski definition) is 1. The number of hydrogen-bond acceptors (Lipinski definition) is 4. The van der Waals surface area contributed by atoms with Gasteiger partial charge in [0.2, 0.25) is 5.91 Å². The number of nitrogens with one attached hydrogen (secondary N) is 1. The summed E-state index contributed by atoms with van der Waals surface area (Å²) in [5.41, 5.74) is 1.90. The summed E-state index contributed by atoms with van der Waals surface area (Å²) in [5, 5.41) is 14.8. The fourth-order valence-electron chi connectivity index (χ4n) is 2.74. The van der Waals surface area contributed by atoms with Crippen molar-refractivity contribution < 1.29 is 9.18 Å². The van der Waals surface area contributed by atoms with E-state index in [4.69, 9.17) is 11.6 Å². The van der Waals surface area contributed by atoms with E-state index in [-0.39, 0.29) is 23.3 Å². The van der Waals surface area contributed by atoms with Crippen molar-refractivity contribution in [2.75, 3.05) is 5.32 Å². The number of rotatable bonds is 5. The monoisotopic (exact) mass is 371 g/mol. The Morgan fingerprint density at radius 1 is 1.27 bits per heavy atom. The van der Waals surface area contributed by atoms with E-state index in [0.29, 0.717) is 23.0 Å². The Labute approximate surface area is 154 Å². The summed E-state index contributed by atoms with van der Waals surface area (Å²) in [6.07, 6.45) is 5.29. The Balaban J connectivity index is 1.40. The molecule has 0 atom stereocenters. The molecule has 2 aromatic heterocycles. The van der Waals surface area contributed by atoms with E-state index in [1.54, 1.807) is 24.4 Å². The van der Waals surface area contributed by atoms with E-state index in [1.807, 2.05) is 6.07 Å². The Hall–Kier alpha value is -2.80. The molecule has 1 fully saturated rings. The number of carbonyl (C=O) groups excluding carboxylic acids is 1. The topological polar surface area (TPSA) is 72.7 Å². The van der Waals surface area contributed by atoms with Gasteiger partial charge < -0.3 is 5.32 Å². The lowest BCUT2D eigenvalue weighted by Gasteiger charge is -2.06. The minimum atomic E-state index is -0.245. The molecule has 0 spiro atoms. The highest BCUT2D eigenvalue weighted by atomic mass is 35.5. The Kier molecular flexibility index (Phi) is 4.38. The first kappa shape index (κ1) is 16.7. The van der Waals surface area contributed by atoms with E-state index in [1.165, 1.54) is 16.9 Å². The van der Waals surface area contributed by atoms with E-state index in [9.17, 15) is 9.18 Å². The summed E-state index contributed by atoms with van der Waals surface area (Å²) in [6.45, 7) is 0. The van der Waals surface area contributed by atoms with Crippen LogP contribution in [0.15, 0.2) is 42.7 Å². The van der Waals surface area contributed by atoms with Crippen molar-refractivity contribution in [1.82, 2.24) is 20.0 Å². The first-order chi connectivity index (χ1) is 12.6. The van der Waals surface area contributed by atoms with Crippen molar-refractivity contribution in [2.45, 2.75) is 25.2 Å². The van der Waals surface area contributed by atoms with Crippen molar-refractivity contribution >= 4 is 23.2 Å². The SMILES string of the molecule is O=C(Cc1ccc(C2CC2)c(F)c1)Nc1cnn(-c2ccc(Cl)nn2)c1. The lowest BCUT2D eigenvalue weighted by atomic mass is 10.1. The molecule has 3 aromatic rings. The van der Waals surface area contributed by atoms with Crippen LogP contribution < -0.4 is 5.32 Å². The van der Waals surface area contributed by atoms with Gasteiger partial charge >= 0.3 is 0 Å². The quantitative estimate of drug-likeness (QED) is 0.744. The van der Waals surface area contributed by atoms with Crippen LogP contribution in [0.4, 0.5) is 10.1 Å². The maximum absolute atomic E-state index is 14.1. The van der Waals surface area contributed by atoms with Gasteiger partial charge in [-0.2, -0.15) is 5.10 Å². The highest BCUT2D eigenvalue weighted by Crippen LogP contribution is 2.41. The Morgan fingerprint density at radius 2 is 2.12 bits per heavy atom. The van der Waals surface area contributed by atoms with Gasteiger partial charge in [0.1, 0.15) is 5.82 Å². The maximum atomic E-state index is 14.1. The molecular formula is C18H15ClFN5O. The van der Waals surface area contributed by atoms with Crippen molar-refractivity contribution in [3.05, 3.63) is 64.8 Å². The van der Waals surface area contributed by atoms with E-state index < -0.39 is 0 Å². The number of halogens is 2. The molecule has 4 rings (SSSR count). The van der Waals surface area contributed by atoms with E-state index >= 15 is 0 Å². The molecule has 0 saturated heterocycles. The molecule has 1 amide bonds. The van der Waals surface area contributed by atoms with Crippen LogP contribution in [0, 0.1) is 5.82 Å². The molecule has 2 heterocycles. The van der Waals surface area contributed by atoms with Crippen molar-refractivity contribution in [1.29, 1.82) is 0 Å². The maximum Gasteiger partial charge on any atom is 0.228 e. The molecule has 0 radical (unpaired) electrons. The second-order valence-electron chi connectivity index (χ2n) is 6.24. The molecule has 6 nitrogen and oxygen atoms in total. The molecule has 8 heteroatoms. The fraction of sp³-hybridized carbons (Fsp3) is 0.222. The van der Waals surface area contributed by atoms with Crippen LogP contribution in [0.1, 0.15) is 29.9 Å². The average molecular weight is 372 g/mol.